The van der Waals surface area contributed by atoms with Crippen LogP contribution < -0.4 is 10.6 Å². The zero-order valence-corrected chi connectivity index (χ0v) is 12.6. The van der Waals surface area contributed by atoms with E-state index in [2.05, 4.69) is 26.6 Å². The molecule has 1 aromatic carbocycles. The van der Waals surface area contributed by atoms with Gasteiger partial charge >= 0.3 is 12.0 Å². The average Bonchev–Trinajstić information content (AvgIpc) is 2.38. The highest BCUT2D eigenvalue weighted by atomic mass is 79.9. The highest BCUT2D eigenvalue weighted by Gasteiger charge is 2.20. The van der Waals surface area contributed by atoms with Gasteiger partial charge in [-0.3, -0.25) is 0 Å². The van der Waals surface area contributed by atoms with E-state index in [-0.39, 0.29) is 19.1 Å². The van der Waals surface area contributed by atoms with Crippen LogP contribution in [0.5, 0.6) is 0 Å². The fourth-order valence-corrected chi connectivity index (χ4v) is 2.06. The number of halogens is 1. The Morgan fingerprint density at radius 2 is 2.05 bits per heavy atom. The predicted octanol–water partition coefficient (Wildman–Crippen LogP) is 1.64. The van der Waals surface area contributed by atoms with Crippen LogP contribution in [0.1, 0.15) is 24.9 Å². The number of carbonyl (C=O) groups is 2. The third-order valence-electron chi connectivity index (χ3n) is 2.72. The number of aliphatic hydroxyl groups excluding tert-OH is 1. The topological polar surface area (TPSA) is 98.7 Å². The summed E-state index contributed by atoms with van der Waals surface area (Å²) in [7, 11) is 0. The molecule has 1 unspecified atom stereocenters. The van der Waals surface area contributed by atoms with Crippen LogP contribution in [-0.2, 0) is 4.79 Å². The second-order valence-corrected chi connectivity index (χ2v) is 5.21. The number of hydrogen-bond acceptors (Lipinski definition) is 3. The van der Waals surface area contributed by atoms with E-state index >= 15 is 0 Å². The molecule has 0 saturated carbocycles. The lowest BCUT2D eigenvalue weighted by atomic mass is 10.1. The molecule has 1 rings (SSSR count). The number of amides is 2. The van der Waals surface area contributed by atoms with Gasteiger partial charge in [0, 0.05) is 17.5 Å². The molecule has 20 heavy (non-hydrogen) atoms. The molecule has 0 aliphatic carbocycles. The highest BCUT2D eigenvalue weighted by molar-refractivity contribution is 9.10. The molecular formula is C13H17BrN2O4. The molecule has 0 aromatic heterocycles. The van der Waals surface area contributed by atoms with Gasteiger partial charge in [-0.1, -0.05) is 28.1 Å². The predicted molar refractivity (Wildman–Crippen MR) is 77.4 cm³/mol. The zero-order chi connectivity index (χ0) is 15.1. The Balaban J connectivity index is 2.59. The van der Waals surface area contributed by atoms with E-state index in [0.29, 0.717) is 0 Å². The van der Waals surface area contributed by atoms with Crippen molar-refractivity contribution in [3.05, 3.63) is 34.3 Å². The lowest BCUT2D eigenvalue weighted by Gasteiger charge is -2.18. The summed E-state index contributed by atoms with van der Waals surface area (Å²) >= 11 is 3.34. The van der Waals surface area contributed by atoms with Gasteiger partial charge in [0.2, 0.25) is 0 Å². The molecule has 0 fully saturated rings. The zero-order valence-electron chi connectivity index (χ0n) is 11.0. The SMILES string of the molecule is CC(NC(=O)N[C@H](CCO)C(=O)O)c1cccc(Br)c1. The van der Waals surface area contributed by atoms with Gasteiger partial charge in [0.05, 0.1) is 6.04 Å². The number of rotatable bonds is 6. The third kappa shape index (κ3) is 5.18. The van der Waals surface area contributed by atoms with Crippen molar-refractivity contribution >= 4 is 27.9 Å². The van der Waals surface area contributed by atoms with Gasteiger partial charge in [0.25, 0.3) is 0 Å². The molecule has 0 heterocycles. The first kappa shape index (κ1) is 16.5. The third-order valence-corrected chi connectivity index (χ3v) is 3.21. The van der Waals surface area contributed by atoms with Gasteiger partial charge in [0.1, 0.15) is 6.04 Å². The van der Waals surface area contributed by atoms with E-state index in [1.807, 2.05) is 24.3 Å². The summed E-state index contributed by atoms with van der Waals surface area (Å²) in [5, 5.41) is 22.6. The monoisotopic (exact) mass is 344 g/mol. The second kappa shape index (κ2) is 7.86. The van der Waals surface area contributed by atoms with E-state index in [1.165, 1.54) is 0 Å². The van der Waals surface area contributed by atoms with Crippen LogP contribution in [0.2, 0.25) is 0 Å². The van der Waals surface area contributed by atoms with Crippen molar-refractivity contribution < 1.29 is 19.8 Å². The maximum absolute atomic E-state index is 11.7. The fraction of sp³-hybridized carbons (Fsp3) is 0.385. The van der Waals surface area contributed by atoms with Crippen molar-refractivity contribution in [2.75, 3.05) is 6.61 Å². The first-order valence-electron chi connectivity index (χ1n) is 6.10. The van der Waals surface area contributed by atoms with Crippen molar-refractivity contribution in [1.29, 1.82) is 0 Å². The lowest BCUT2D eigenvalue weighted by molar-refractivity contribution is -0.139. The van der Waals surface area contributed by atoms with E-state index in [9.17, 15) is 9.59 Å². The fourth-order valence-electron chi connectivity index (χ4n) is 1.64. The number of carboxylic acids is 1. The molecule has 0 aliphatic rings. The number of carboxylic acid groups (broad SMARTS) is 1. The molecular weight excluding hydrogens is 328 g/mol. The summed E-state index contributed by atoms with van der Waals surface area (Å²) in [6, 6.07) is 5.49. The number of hydrogen-bond donors (Lipinski definition) is 4. The summed E-state index contributed by atoms with van der Waals surface area (Å²) in [5.41, 5.74) is 0.892. The van der Waals surface area contributed by atoms with Crippen molar-refractivity contribution in [1.82, 2.24) is 10.6 Å². The Bertz CT molecular complexity index is 481. The van der Waals surface area contributed by atoms with Crippen LogP contribution in [0.4, 0.5) is 4.79 Å². The summed E-state index contributed by atoms with van der Waals surface area (Å²) < 4.78 is 0.896. The van der Waals surface area contributed by atoms with Gasteiger partial charge in [-0.25, -0.2) is 9.59 Å². The number of aliphatic hydroxyl groups is 1. The number of carbonyl (C=O) groups excluding carboxylic acids is 1. The standard InChI is InChI=1S/C13H17BrN2O4/c1-8(9-3-2-4-10(14)7-9)15-13(20)16-11(5-6-17)12(18)19/h2-4,7-8,11,17H,5-6H2,1H3,(H,18,19)(H2,15,16,20)/t8?,11-/m1/s1. The molecule has 0 bridgehead atoms. The minimum atomic E-state index is -1.18. The number of urea groups is 1. The van der Waals surface area contributed by atoms with E-state index in [0.717, 1.165) is 10.0 Å². The average molecular weight is 345 g/mol. The van der Waals surface area contributed by atoms with Gasteiger partial charge in [-0.15, -0.1) is 0 Å². The lowest BCUT2D eigenvalue weighted by Crippen LogP contribution is -2.47. The van der Waals surface area contributed by atoms with Crippen LogP contribution in [0, 0.1) is 0 Å². The maximum atomic E-state index is 11.7. The quantitative estimate of drug-likeness (QED) is 0.630. The van der Waals surface area contributed by atoms with Crippen LogP contribution in [0.15, 0.2) is 28.7 Å². The molecule has 2 atom stereocenters. The Morgan fingerprint density at radius 1 is 1.35 bits per heavy atom. The Morgan fingerprint density at radius 3 is 2.60 bits per heavy atom. The van der Waals surface area contributed by atoms with Gasteiger partial charge < -0.3 is 20.8 Å². The molecule has 0 aliphatic heterocycles. The molecule has 6 nitrogen and oxygen atoms in total. The van der Waals surface area contributed by atoms with Crippen LogP contribution >= 0.6 is 15.9 Å². The molecule has 0 radical (unpaired) electrons. The van der Waals surface area contributed by atoms with Gasteiger partial charge in [-0.05, 0) is 24.6 Å². The Kier molecular flexibility index (Phi) is 6.47. The molecule has 7 heteroatoms. The summed E-state index contributed by atoms with van der Waals surface area (Å²) in [4.78, 5) is 22.6. The van der Waals surface area contributed by atoms with Crippen molar-refractivity contribution in [3.8, 4) is 0 Å². The minimum absolute atomic E-state index is 0.0337. The molecule has 1 aromatic rings. The van der Waals surface area contributed by atoms with Crippen molar-refractivity contribution in [2.45, 2.75) is 25.4 Å². The first-order valence-corrected chi connectivity index (χ1v) is 6.89. The first-order chi connectivity index (χ1) is 9.43. The van der Waals surface area contributed by atoms with E-state index in [1.54, 1.807) is 6.92 Å². The van der Waals surface area contributed by atoms with Gasteiger partial charge in [-0.2, -0.15) is 0 Å². The number of benzene rings is 1. The van der Waals surface area contributed by atoms with Crippen LogP contribution in [0.25, 0.3) is 0 Å². The molecule has 110 valence electrons. The molecule has 2 amide bonds. The molecule has 0 spiro atoms. The van der Waals surface area contributed by atoms with Crippen molar-refractivity contribution in [3.63, 3.8) is 0 Å². The second-order valence-electron chi connectivity index (χ2n) is 4.30. The molecule has 4 N–H and O–H groups in total. The molecule has 0 saturated heterocycles. The van der Waals surface area contributed by atoms with Crippen LogP contribution in [0.3, 0.4) is 0 Å². The smallest absolute Gasteiger partial charge is 0.326 e. The number of aliphatic carboxylic acids is 1. The van der Waals surface area contributed by atoms with E-state index < -0.39 is 18.0 Å². The maximum Gasteiger partial charge on any atom is 0.326 e. The number of nitrogens with one attached hydrogen (secondary N) is 2. The highest BCUT2D eigenvalue weighted by Crippen LogP contribution is 2.17. The van der Waals surface area contributed by atoms with Crippen molar-refractivity contribution in [2.24, 2.45) is 0 Å². The van der Waals surface area contributed by atoms with E-state index in [4.69, 9.17) is 10.2 Å². The summed E-state index contributed by atoms with van der Waals surface area (Å²) in [6.45, 7) is 1.49. The minimum Gasteiger partial charge on any atom is -0.480 e. The largest absolute Gasteiger partial charge is 0.480 e. The summed E-state index contributed by atoms with van der Waals surface area (Å²) in [6.07, 6.45) is -0.0337. The Labute approximate surface area is 125 Å². The Hall–Kier alpha value is -1.60. The van der Waals surface area contributed by atoms with Crippen LogP contribution in [-0.4, -0.2) is 34.9 Å². The van der Waals surface area contributed by atoms with Gasteiger partial charge in [0.15, 0.2) is 0 Å². The normalized spacial score (nSPS) is 13.3. The summed E-state index contributed by atoms with van der Waals surface area (Å²) in [5.74, 6) is -1.18.